The summed E-state index contributed by atoms with van der Waals surface area (Å²) in [5.74, 6) is 4.31. The Morgan fingerprint density at radius 2 is 1.62 bits per heavy atom. The number of nitrogens with zero attached hydrogens (tertiary/aromatic N) is 1. The van der Waals surface area contributed by atoms with Crippen LogP contribution >= 0.6 is 0 Å². The number of carboxylic acids is 1. The second-order valence-electron chi connectivity index (χ2n) is 6.70. The molecule has 0 aromatic heterocycles. The lowest BCUT2D eigenvalue weighted by Crippen LogP contribution is -2.24. The lowest BCUT2D eigenvalue weighted by atomic mass is 10.1. The minimum Gasteiger partial charge on any atom is -0.478 e. The highest BCUT2D eigenvalue weighted by Crippen LogP contribution is 2.22. The van der Waals surface area contributed by atoms with Gasteiger partial charge in [-0.25, -0.2) is 9.18 Å². The third-order valence-electron chi connectivity index (χ3n) is 4.49. The van der Waals surface area contributed by atoms with Gasteiger partial charge >= 0.3 is 5.97 Å². The van der Waals surface area contributed by atoms with Crippen LogP contribution in [0.5, 0.6) is 0 Å². The number of hydrogen-bond donors (Lipinski definition) is 1. The van der Waals surface area contributed by atoms with Gasteiger partial charge in [-0.05, 0) is 54.4 Å². The first-order chi connectivity index (χ1) is 14.1. The molecule has 3 rings (SSSR count). The summed E-state index contributed by atoms with van der Waals surface area (Å²) in [7, 11) is 0. The maximum absolute atomic E-state index is 13.7. The lowest BCUT2D eigenvalue weighted by molar-refractivity contribution is 0.0692. The van der Waals surface area contributed by atoms with E-state index >= 15 is 0 Å². The second kappa shape index (κ2) is 9.57. The molecular formula is C25H22FNO2. The number of carboxylic acid groups (broad SMARTS) is 1. The highest BCUT2D eigenvalue weighted by molar-refractivity contribution is 5.89. The molecule has 3 aromatic carbocycles. The van der Waals surface area contributed by atoms with Crippen molar-refractivity contribution in [2.75, 3.05) is 11.4 Å². The highest BCUT2D eigenvalue weighted by Gasteiger charge is 2.14. The molecule has 3 aromatic rings. The van der Waals surface area contributed by atoms with Crippen LogP contribution in [0.15, 0.2) is 72.8 Å². The van der Waals surface area contributed by atoms with E-state index in [9.17, 15) is 14.3 Å². The molecule has 0 radical (unpaired) electrons. The maximum Gasteiger partial charge on any atom is 0.338 e. The Morgan fingerprint density at radius 3 is 2.24 bits per heavy atom. The summed E-state index contributed by atoms with van der Waals surface area (Å²) in [6.45, 7) is 3.39. The number of carbonyl (C=O) groups is 1. The zero-order valence-corrected chi connectivity index (χ0v) is 16.2. The Morgan fingerprint density at radius 1 is 0.966 bits per heavy atom. The van der Waals surface area contributed by atoms with Crippen molar-refractivity contribution < 1.29 is 14.3 Å². The Balaban J connectivity index is 1.77. The zero-order valence-electron chi connectivity index (χ0n) is 16.2. The van der Waals surface area contributed by atoms with E-state index in [1.807, 2.05) is 54.6 Å². The molecular weight excluding hydrogens is 365 g/mol. The molecule has 0 unspecified atom stereocenters. The molecule has 1 N–H and O–H groups in total. The van der Waals surface area contributed by atoms with E-state index in [0.29, 0.717) is 12.2 Å². The van der Waals surface area contributed by atoms with Gasteiger partial charge in [0.1, 0.15) is 5.82 Å². The fraction of sp³-hybridized carbons (Fsp3) is 0.160. The van der Waals surface area contributed by atoms with Crippen LogP contribution in [0.4, 0.5) is 10.1 Å². The fourth-order valence-electron chi connectivity index (χ4n) is 3.02. The van der Waals surface area contributed by atoms with Crippen molar-refractivity contribution in [3.05, 3.63) is 101 Å². The molecule has 0 heterocycles. The first-order valence-corrected chi connectivity index (χ1v) is 9.50. The summed E-state index contributed by atoms with van der Waals surface area (Å²) in [5.41, 5.74) is 3.35. The van der Waals surface area contributed by atoms with E-state index in [1.165, 1.54) is 12.1 Å². The summed E-state index contributed by atoms with van der Waals surface area (Å²) in [6, 6.07) is 22.0. The summed E-state index contributed by atoms with van der Waals surface area (Å²) >= 11 is 0. The molecule has 0 fully saturated rings. The van der Waals surface area contributed by atoms with Crippen LogP contribution in [0.1, 0.15) is 40.4 Å². The molecule has 0 amide bonds. The molecule has 0 spiro atoms. The molecule has 146 valence electrons. The van der Waals surface area contributed by atoms with E-state index in [0.717, 1.165) is 29.7 Å². The quantitative estimate of drug-likeness (QED) is 0.581. The monoisotopic (exact) mass is 387 g/mol. The average molecular weight is 387 g/mol. The van der Waals surface area contributed by atoms with Gasteiger partial charge in [0.25, 0.3) is 0 Å². The number of aromatic carboxylic acids is 1. The van der Waals surface area contributed by atoms with E-state index in [-0.39, 0.29) is 5.56 Å². The average Bonchev–Trinajstić information content (AvgIpc) is 2.74. The van der Waals surface area contributed by atoms with Gasteiger partial charge in [-0.2, -0.15) is 0 Å². The summed E-state index contributed by atoms with van der Waals surface area (Å²) in [5, 5.41) is 9.18. The fourth-order valence-corrected chi connectivity index (χ4v) is 3.02. The first-order valence-electron chi connectivity index (χ1n) is 9.50. The van der Waals surface area contributed by atoms with Crippen molar-refractivity contribution in [3.63, 3.8) is 0 Å². The van der Waals surface area contributed by atoms with Crippen molar-refractivity contribution >= 4 is 11.7 Å². The molecule has 4 heteroatoms. The Kier molecular flexibility index (Phi) is 6.65. The number of anilines is 1. The van der Waals surface area contributed by atoms with Gasteiger partial charge in [0, 0.05) is 29.9 Å². The standard InChI is InChI=1S/C25H22FNO2/c1-2-16-27(22-14-15-24(26)23(17-22)25(28)29)18-21-12-10-20(11-13-21)9-8-19-6-4-3-5-7-19/h3-7,10-15,17H,2,16,18H2,1H3,(H,28,29). The topological polar surface area (TPSA) is 40.5 Å². The number of hydrogen-bond acceptors (Lipinski definition) is 2. The van der Waals surface area contributed by atoms with Gasteiger partial charge < -0.3 is 10.0 Å². The Labute approximate surface area is 170 Å². The van der Waals surface area contributed by atoms with Crippen LogP contribution in [-0.2, 0) is 6.54 Å². The normalized spacial score (nSPS) is 10.1. The molecule has 29 heavy (non-hydrogen) atoms. The van der Waals surface area contributed by atoms with Gasteiger partial charge in [0.15, 0.2) is 0 Å². The van der Waals surface area contributed by atoms with Crippen LogP contribution in [0.25, 0.3) is 0 Å². The molecule has 0 saturated carbocycles. The predicted molar refractivity (Wildman–Crippen MR) is 114 cm³/mol. The number of benzene rings is 3. The lowest BCUT2D eigenvalue weighted by Gasteiger charge is -2.25. The summed E-state index contributed by atoms with van der Waals surface area (Å²) in [4.78, 5) is 13.3. The molecule has 0 aliphatic heterocycles. The molecule has 3 nitrogen and oxygen atoms in total. The van der Waals surface area contributed by atoms with Crippen molar-refractivity contribution in [2.24, 2.45) is 0 Å². The highest BCUT2D eigenvalue weighted by atomic mass is 19.1. The first kappa shape index (κ1) is 20.2. The van der Waals surface area contributed by atoms with Crippen LogP contribution in [-0.4, -0.2) is 17.6 Å². The second-order valence-corrected chi connectivity index (χ2v) is 6.70. The molecule has 0 aliphatic carbocycles. The SMILES string of the molecule is CCCN(Cc1ccc(C#Cc2ccccc2)cc1)c1ccc(F)c(C(=O)O)c1. The van der Waals surface area contributed by atoms with Gasteiger partial charge in [0.05, 0.1) is 5.56 Å². The van der Waals surface area contributed by atoms with E-state index in [2.05, 4.69) is 23.7 Å². The van der Waals surface area contributed by atoms with Crippen molar-refractivity contribution in [1.82, 2.24) is 0 Å². The van der Waals surface area contributed by atoms with Gasteiger partial charge in [-0.15, -0.1) is 0 Å². The zero-order chi connectivity index (χ0) is 20.6. The van der Waals surface area contributed by atoms with Crippen LogP contribution < -0.4 is 4.90 Å². The number of halogens is 1. The smallest absolute Gasteiger partial charge is 0.338 e. The van der Waals surface area contributed by atoms with E-state index in [4.69, 9.17) is 0 Å². The van der Waals surface area contributed by atoms with Crippen molar-refractivity contribution in [1.29, 1.82) is 0 Å². The predicted octanol–water partition coefficient (Wildman–Crippen LogP) is 5.34. The third kappa shape index (κ3) is 5.46. The largest absolute Gasteiger partial charge is 0.478 e. The third-order valence-corrected chi connectivity index (χ3v) is 4.49. The van der Waals surface area contributed by atoms with Crippen LogP contribution in [0.3, 0.4) is 0 Å². The minimum absolute atomic E-state index is 0.310. The minimum atomic E-state index is -1.26. The van der Waals surface area contributed by atoms with Crippen molar-refractivity contribution in [3.8, 4) is 11.8 Å². The molecule has 0 bridgehead atoms. The van der Waals surface area contributed by atoms with Gasteiger partial charge in [-0.3, -0.25) is 0 Å². The van der Waals surface area contributed by atoms with Crippen LogP contribution in [0.2, 0.25) is 0 Å². The van der Waals surface area contributed by atoms with E-state index in [1.54, 1.807) is 6.07 Å². The van der Waals surface area contributed by atoms with E-state index < -0.39 is 11.8 Å². The summed E-state index contributed by atoms with van der Waals surface area (Å²) < 4.78 is 13.7. The summed E-state index contributed by atoms with van der Waals surface area (Å²) in [6.07, 6.45) is 0.889. The Bertz CT molecular complexity index is 1030. The molecule has 0 aliphatic rings. The van der Waals surface area contributed by atoms with Gasteiger partial charge in [-0.1, -0.05) is 49.1 Å². The molecule has 0 saturated heterocycles. The maximum atomic E-state index is 13.7. The van der Waals surface area contributed by atoms with Gasteiger partial charge in [0.2, 0.25) is 0 Å². The van der Waals surface area contributed by atoms with Crippen LogP contribution in [0, 0.1) is 17.7 Å². The van der Waals surface area contributed by atoms with Crippen molar-refractivity contribution in [2.45, 2.75) is 19.9 Å². The number of rotatable bonds is 6. The Hall–Kier alpha value is -3.58. The molecule has 0 atom stereocenters.